The van der Waals surface area contributed by atoms with E-state index in [4.69, 9.17) is 0 Å². The van der Waals surface area contributed by atoms with Gasteiger partial charge in [-0.05, 0) is 35.6 Å². The average molecular weight is 187 g/mol. The molecule has 0 atom stereocenters. The van der Waals surface area contributed by atoms with Gasteiger partial charge in [-0.3, -0.25) is 0 Å². The topological polar surface area (TPSA) is 4.41 Å². The van der Waals surface area contributed by atoms with Crippen LogP contribution in [0, 0.1) is 6.92 Å². The molecule has 74 valence electrons. The van der Waals surface area contributed by atoms with Gasteiger partial charge in [0.1, 0.15) is 0 Å². The van der Waals surface area contributed by atoms with Crippen molar-refractivity contribution in [2.45, 2.75) is 33.1 Å². The Bertz CT molecular complexity index is 458. The fraction of sp³-hybridized carbons (Fsp3) is 0.385. The Labute approximate surface area is 85.4 Å². The molecule has 0 unspecified atom stereocenters. The van der Waals surface area contributed by atoms with Crippen molar-refractivity contribution >= 4 is 5.52 Å². The molecular formula is C13H17N. The highest BCUT2D eigenvalue weighted by Gasteiger charge is 2.20. The maximum Gasteiger partial charge on any atom is 0.0489 e. The van der Waals surface area contributed by atoms with Gasteiger partial charge in [0.15, 0.2) is 0 Å². The van der Waals surface area contributed by atoms with Crippen LogP contribution < -0.4 is 0 Å². The van der Waals surface area contributed by atoms with Crippen LogP contribution in [0.25, 0.3) is 5.52 Å². The molecule has 0 radical (unpaired) electrons. The van der Waals surface area contributed by atoms with Crippen molar-refractivity contribution in [3.63, 3.8) is 0 Å². The molecule has 2 aromatic heterocycles. The van der Waals surface area contributed by atoms with Crippen LogP contribution in [0.2, 0.25) is 0 Å². The van der Waals surface area contributed by atoms with Crippen LogP contribution in [-0.4, -0.2) is 4.40 Å². The number of hydrogen-bond donors (Lipinski definition) is 0. The van der Waals surface area contributed by atoms with Crippen molar-refractivity contribution < 1.29 is 0 Å². The molecule has 1 heteroatoms. The van der Waals surface area contributed by atoms with Crippen LogP contribution in [0.4, 0.5) is 0 Å². The minimum absolute atomic E-state index is 0.222. The molecule has 0 spiro atoms. The lowest BCUT2D eigenvalue weighted by atomic mass is 9.85. The first-order valence-corrected chi connectivity index (χ1v) is 5.07. The molecule has 2 heterocycles. The summed E-state index contributed by atoms with van der Waals surface area (Å²) in [6, 6.07) is 6.36. The third kappa shape index (κ3) is 1.33. The highest BCUT2D eigenvalue weighted by atomic mass is 14.9. The standard InChI is InChI=1S/C13H17N/c1-10-9-14-8-6-5-7-11(14)12(10)13(2,3)4/h5-9H,1-4H3. The van der Waals surface area contributed by atoms with Crippen molar-refractivity contribution in [1.82, 2.24) is 4.40 Å². The van der Waals surface area contributed by atoms with E-state index in [0.717, 1.165) is 0 Å². The first-order chi connectivity index (χ1) is 6.50. The molecule has 0 aliphatic heterocycles. The summed E-state index contributed by atoms with van der Waals surface area (Å²) in [6.45, 7) is 8.99. The SMILES string of the molecule is Cc1cn2ccccc2c1C(C)(C)C. The van der Waals surface area contributed by atoms with Crippen LogP contribution in [0.15, 0.2) is 30.6 Å². The van der Waals surface area contributed by atoms with E-state index in [9.17, 15) is 0 Å². The van der Waals surface area contributed by atoms with Crippen molar-refractivity contribution in [2.75, 3.05) is 0 Å². The molecule has 0 amide bonds. The van der Waals surface area contributed by atoms with Gasteiger partial charge in [0.05, 0.1) is 0 Å². The van der Waals surface area contributed by atoms with Crippen molar-refractivity contribution in [3.05, 3.63) is 41.7 Å². The summed E-state index contributed by atoms with van der Waals surface area (Å²) < 4.78 is 2.20. The van der Waals surface area contributed by atoms with Gasteiger partial charge < -0.3 is 4.40 Å². The highest BCUT2D eigenvalue weighted by molar-refractivity contribution is 5.61. The number of fused-ring (bicyclic) bond motifs is 1. The Morgan fingerprint density at radius 2 is 1.86 bits per heavy atom. The molecule has 0 aromatic carbocycles. The van der Waals surface area contributed by atoms with Gasteiger partial charge >= 0.3 is 0 Å². The molecule has 0 fully saturated rings. The zero-order valence-corrected chi connectivity index (χ0v) is 9.33. The second kappa shape index (κ2) is 2.88. The van der Waals surface area contributed by atoms with Crippen LogP contribution in [0.3, 0.4) is 0 Å². The van der Waals surface area contributed by atoms with Crippen LogP contribution >= 0.6 is 0 Å². The van der Waals surface area contributed by atoms with Crippen molar-refractivity contribution in [3.8, 4) is 0 Å². The molecule has 0 aliphatic carbocycles. The van der Waals surface area contributed by atoms with E-state index in [-0.39, 0.29) is 5.41 Å². The third-order valence-corrected chi connectivity index (χ3v) is 2.62. The summed E-state index contributed by atoms with van der Waals surface area (Å²) >= 11 is 0. The van der Waals surface area contributed by atoms with Gasteiger partial charge in [-0.25, -0.2) is 0 Å². The number of aromatic nitrogens is 1. The molecular weight excluding hydrogens is 170 g/mol. The smallest absolute Gasteiger partial charge is 0.0489 e. The zero-order valence-electron chi connectivity index (χ0n) is 9.33. The minimum atomic E-state index is 0.222. The van der Waals surface area contributed by atoms with Gasteiger partial charge in [-0.2, -0.15) is 0 Å². The van der Waals surface area contributed by atoms with Gasteiger partial charge in [-0.1, -0.05) is 26.8 Å². The monoisotopic (exact) mass is 187 g/mol. The maximum absolute atomic E-state index is 2.27. The quantitative estimate of drug-likeness (QED) is 0.594. The summed E-state index contributed by atoms with van der Waals surface area (Å²) in [5.74, 6) is 0. The van der Waals surface area contributed by atoms with Crippen molar-refractivity contribution in [2.24, 2.45) is 0 Å². The Hall–Kier alpha value is -1.24. The predicted molar refractivity (Wildman–Crippen MR) is 60.8 cm³/mol. The predicted octanol–water partition coefficient (Wildman–Crippen LogP) is 3.55. The average Bonchev–Trinajstić information content (AvgIpc) is 2.38. The number of hydrogen-bond acceptors (Lipinski definition) is 0. The van der Waals surface area contributed by atoms with Crippen LogP contribution in [0.5, 0.6) is 0 Å². The largest absolute Gasteiger partial charge is 0.323 e. The van der Waals surface area contributed by atoms with Crippen LogP contribution in [-0.2, 0) is 5.41 Å². The number of pyridine rings is 1. The second-order valence-electron chi connectivity index (χ2n) is 4.93. The lowest BCUT2D eigenvalue weighted by Gasteiger charge is -2.19. The molecule has 2 rings (SSSR count). The molecule has 1 nitrogen and oxygen atoms in total. The number of aryl methyl sites for hydroxylation is 1. The van der Waals surface area contributed by atoms with E-state index in [0.29, 0.717) is 0 Å². The molecule has 2 aromatic rings. The third-order valence-electron chi connectivity index (χ3n) is 2.62. The Kier molecular flexibility index (Phi) is 1.91. The Morgan fingerprint density at radius 1 is 1.14 bits per heavy atom. The van der Waals surface area contributed by atoms with E-state index < -0.39 is 0 Å². The highest BCUT2D eigenvalue weighted by Crippen LogP contribution is 2.30. The fourth-order valence-corrected chi connectivity index (χ4v) is 2.23. The lowest BCUT2D eigenvalue weighted by Crippen LogP contribution is -2.11. The Morgan fingerprint density at radius 3 is 2.50 bits per heavy atom. The number of nitrogens with zero attached hydrogens (tertiary/aromatic N) is 1. The summed E-state index contributed by atoms with van der Waals surface area (Å²) in [5.41, 5.74) is 4.39. The van der Waals surface area contributed by atoms with Gasteiger partial charge in [0, 0.05) is 17.9 Å². The van der Waals surface area contributed by atoms with E-state index in [1.165, 1.54) is 16.6 Å². The Balaban J connectivity index is 2.81. The lowest BCUT2D eigenvalue weighted by molar-refractivity contribution is 0.592. The number of rotatable bonds is 0. The van der Waals surface area contributed by atoms with Gasteiger partial charge in [-0.15, -0.1) is 0 Å². The van der Waals surface area contributed by atoms with E-state index in [1.807, 2.05) is 0 Å². The van der Waals surface area contributed by atoms with Crippen molar-refractivity contribution in [1.29, 1.82) is 0 Å². The van der Waals surface area contributed by atoms with Crippen LogP contribution in [0.1, 0.15) is 31.9 Å². The second-order valence-corrected chi connectivity index (χ2v) is 4.93. The fourth-order valence-electron chi connectivity index (χ4n) is 2.23. The first kappa shape index (κ1) is 9.32. The summed E-state index contributed by atoms with van der Waals surface area (Å²) in [4.78, 5) is 0. The zero-order chi connectivity index (χ0) is 10.3. The molecule has 0 saturated heterocycles. The minimum Gasteiger partial charge on any atom is -0.323 e. The normalized spacial score (nSPS) is 12.3. The van der Waals surface area contributed by atoms with Gasteiger partial charge in [0.2, 0.25) is 0 Å². The summed E-state index contributed by atoms with van der Waals surface area (Å²) in [7, 11) is 0. The maximum atomic E-state index is 2.27. The first-order valence-electron chi connectivity index (χ1n) is 5.07. The molecule has 0 N–H and O–H groups in total. The van der Waals surface area contributed by atoms with E-state index >= 15 is 0 Å². The van der Waals surface area contributed by atoms with E-state index in [2.05, 4.69) is 62.7 Å². The van der Waals surface area contributed by atoms with E-state index in [1.54, 1.807) is 0 Å². The molecule has 0 aliphatic rings. The molecule has 0 saturated carbocycles. The molecule has 14 heavy (non-hydrogen) atoms. The summed E-state index contributed by atoms with van der Waals surface area (Å²) in [6.07, 6.45) is 4.31. The summed E-state index contributed by atoms with van der Waals surface area (Å²) in [5, 5.41) is 0. The molecule has 0 bridgehead atoms. The van der Waals surface area contributed by atoms with Gasteiger partial charge in [0.25, 0.3) is 0 Å².